The number of nitrogens with zero attached hydrogens (tertiary/aromatic N) is 1. The molecule has 28 heavy (non-hydrogen) atoms. The fourth-order valence-corrected chi connectivity index (χ4v) is 3.70. The average molecular weight is 374 g/mol. The summed E-state index contributed by atoms with van der Waals surface area (Å²) in [6, 6.07) is 20.6. The molecule has 3 nitrogen and oxygen atoms in total. The maximum atomic E-state index is 12.9. The van der Waals surface area contributed by atoms with Gasteiger partial charge in [0.15, 0.2) is 0 Å². The Kier molecular flexibility index (Phi) is 5.49. The van der Waals surface area contributed by atoms with Crippen molar-refractivity contribution < 1.29 is 9.18 Å². The van der Waals surface area contributed by atoms with Gasteiger partial charge in [-0.15, -0.1) is 0 Å². The van der Waals surface area contributed by atoms with E-state index in [1.807, 2.05) is 0 Å². The third-order valence-corrected chi connectivity index (χ3v) is 5.25. The maximum absolute atomic E-state index is 12.9. The van der Waals surface area contributed by atoms with Gasteiger partial charge in [-0.25, -0.2) is 4.39 Å². The fourth-order valence-electron chi connectivity index (χ4n) is 3.70. The first-order valence-corrected chi connectivity index (χ1v) is 9.64. The van der Waals surface area contributed by atoms with E-state index in [0.717, 1.165) is 26.1 Å². The number of halogens is 1. The highest BCUT2D eigenvalue weighted by molar-refractivity contribution is 5.94. The Bertz CT molecular complexity index is 1010. The van der Waals surface area contributed by atoms with Gasteiger partial charge in [0.1, 0.15) is 5.82 Å². The van der Waals surface area contributed by atoms with E-state index in [4.69, 9.17) is 0 Å². The number of amides is 1. The van der Waals surface area contributed by atoms with Crippen molar-refractivity contribution >= 4 is 22.3 Å². The van der Waals surface area contributed by atoms with Gasteiger partial charge in [-0.2, -0.15) is 0 Å². The van der Waals surface area contributed by atoms with Crippen LogP contribution >= 0.6 is 0 Å². The zero-order valence-electron chi connectivity index (χ0n) is 15.7. The third-order valence-electron chi connectivity index (χ3n) is 5.25. The van der Waals surface area contributed by atoms with E-state index in [9.17, 15) is 9.18 Å². The second-order valence-corrected chi connectivity index (χ2v) is 7.07. The number of benzene rings is 3. The minimum absolute atomic E-state index is 0.163. The summed E-state index contributed by atoms with van der Waals surface area (Å²) in [7, 11) is 0. The van der Waals surface area contributed by atoms with Crippen molar-refractivity contribution in [1.82, 2.24) is 10.2 Å². The Hall–Kier alpha value is -2.98. The molecule has 0 aliphatic carbocycles. The van der Waals surface area contributed by atoms with Gasteiger partial charge in [0.25, 0.3) is 5.91 Å². The standard InChI is InChI=1S/C24H23FN2O/c25-21-10-8-20(9-11-21)24(28)26-14-17-27-15-12-19(13-16-27)23-7-3-5-18-4-1-2-6-22(18)23/h1-12H,13-17H2,(H,26,28). The van der Waals surface area contributed by atoms with Crippen molar-refractivity contribution in [3.8, 4) is 0 Å². The predicted molar refractivity (Wildman–Crippen MR) is 112 cm³/mol. The zero-order valence-corrected chi connectivity index (χ0v) is 15.7. The summed E-state index contributed by atoms with van der Waals surface area (Å²) in [5.41, 5.74) is 3.20. The molecule has 142 valence electrons. The zero-order chi connectivity index (χ0) is 19.3. The van der Waals surface area contributed by atoms with E-state index in [-0.39, 0.29) is 11.7 Å². The lowest BCUT2D eigenvalue weighted by molar-refractivity contribution is 0.0949. The van der Waals surface area contributed by atoms with Crippen LogP contribution in [-0.2, 0) is 0 Å². The molecule has 0 saturated heterocycles. The normalized spacial score (nSPS) is 14.7. The minimum Gasteiger partial charge on any atom is -0.351 e. The molecule has 1 N–H and O–H groups in total. The summed E-state index contributed by atoms with van der Waals surface area (Å²) >= 11 is 0. The Balaban J connectivity index is 1.33. The Morgan fingerprint density at radius 1 is 1.00 bits per heavy atom. The molecular formula is C24H23FN2O. The topological polar surface area (TPSA) is 32.3 Å². The number of hydrogen-bond donors (Lipinski definition) is 1. The molecule has 1 aliphatic rings. The summed E-state index contributed by atoms with van der Waals surface area (Å²) in [5.74, 6) is -0.498. The fraction of sp³-hybridized carbons (Fsp3) is 0.208. The van der Waals surface area contributed by atoms with Crippen LogP contribution in [0.15, 0.2) is 72.8 Å². The van der Waals surface area contributed by atoms with E-state index < -0.39 is 0 Å². The van der Waals surface area contributed by atoms with Crippen molar-refractivity contribution in [2.45, 2.75) is 6.42 Å². The van der Waals surface area contributed by atoms with Crippen molar-refractivity contribution in [2.75, 3.05) is 26.2 Å². The van der Waals surface area contributed by atoms with Gasteiger partial charge in [-0.05, 0) is 52.6 Å². The van der Waals surface area contributed by atoms with Crippen LogP contribution in [0.2, 0.25) is 0 Å². The number of carbonyl (C=O) groups is 1. The molecule has 3 aromatic carbocycles. The highest BCUT2D eigenvalue weighted by Gasteiger charge is 2.14. The molecule has 0 aromatic heterocycles. The molecule has 1 amide bonds. The lowest BCUT2D eigenvalue weighted by Crippen LogP contribution is -2.37. The van der Waals surface area contributed by atoms with Crippen LogP contribution in [0.25, 0.3) is 16.3 Å². The molecule has 3 aromatic rings. The molecule has 0 fully saturated rings. The Morgan fingerprint density at radius 3 is 2.57 bits per heavy atom. The number of fused-ring (bicyclic) bond motifs is 1. The van der Waals surface area contributed by atoms with Gasteiger partial charge in [0.2, 0.25) is 0 Å². The summed E-state index contributed by atoms with van der Waals surface area (Å²) in [4.78, 5) is 14.4. The molecule has 0 radical (unpaired) electrons. The molecule has 0 atom stereocenters. The van der Waals surface area contributed by atoms with Gasteiger partial charge in [-0.1, -0.05) is 48.5 Å². The largest absolute Gasteiger partial charge is 0.351 e. The second-order valence-electron chi connectivity index (χ2n) is 7.07. The first-order valence-electron chi connectivity index (χ1n) is 9.64. The van der Waals surface area contributed by atoms with E-state index in [0.29, 0.717) is 12.1 Å². The molecule has 1 heterocycles. The number of hydrogen-bond acceptors (Lipinski definition) is 2. The number of carbonyl (C=O) groups excluding carboxylic acids is 1. The smallest absolute Gasteiger partial charge is 0.251 e. The molecule has 4 rings (SSSR count). The first-order chi connectivity index (χ1) is 13.7. The molecule has 0 bridgehead atoms. The summed E-state index contributed by atoms with van der Waals surface area (Å²) < 4.78 is 12.9. The van der Waals surface area contributed by atoms with Gasteiger partial charge in [0, 0.05) is 31.7 Å². The molecule has 4 heteroatoms. The van der Waals surface area contributed by atoms with Crippen molar-refractivity contribution in [3.63, 3.8) is 0 Å². The maximum Gasteiger partial charge on any atom is 0.251 e. The van der Waals surface area contributed by atoms with Gasteiger partial charge in [0.05, 0.1) is 0 Å². The Labute approximate surface area is 164 Å². The lowest BCUT2D eigenvalue weighted by Gasteiger charge is -2.27. The van der Waals surface area contributed by atoms with Crippen molar-refractivity contribution in [2.24, 2.45) is 0 Å². The predicted octanol–water partition coefficient (Wildman–Crippen LogP) is 4.50. The van der Waals surface area contributed by atoms with E-state index in [2.05, 4.69) is 58.8 Å². The summed E-state index contributed by atoms with van der Waals surface area (Å²) in [6.07, 6.45) is 3.30. The molecule has 1 aliphatic heterocycles. The molecule has 0 unspecified atom stereocenters. The van der Waals surface area contributed by atoms with Crippen molar-refractivity contribution in [3.05, 3.63) is 89.8 Å². The molecule has 0 saturated carbocycles. The van der Waals surface area contributed by atoms with E-state index >= 15 is 0 Å². The van der Waals surface area contributed by atoms with E-state index in [1.165, 1.54) is 46.2 Å². The molecular weight excluding hydrogens is 351 g/mol. The van der Waals surface area contributed by atoms with Crippen LogP contribution in [0.5, 0.6) is 0 Å². The van der Waals surface area contributed by atoms with Crippen LogP contribution in [0.4, 0.5) is 4.39 Å². The number of nitrogens with one attached hydrogen (secondary N) is 1. The minimum atomic E-state index is -0.335. The highest BCUT2D eigenvalue weighted by atomic mass is 19.1. The first kappa shape index (κ1) is 18.4. The van der Waals surface area contributed by atoms with Crippen LogP contribution in [0.1, 0.15) is 22.3 Å². The average Bonchev–Trinajstić information content (AvgIpc) is 2.74. The van der Waals surface area contributed by atoms with Crippen LogP contribution < -0.4 is 5.32 Å². The molecule has 0 spiro atoms. The van der Waals surface area contributed by atoms with Gasteiger partial charge < -0.3 is 5.32 Å². The SMILES string of the molecule is O=C(NCCN1CC=C(c2cccc3ccccc23)CC1)c1ccc(F)cc1. The highest BCUT2D eigenvalue weighted by Crippen LogP contribution is 2.29. The van der Waals surface area contributed by atoms with Gasteiger partial charge in [-0.3, -0.25) is 9.69 Å². The van der Waals surface area contributed by atoms with Gasteiger partial charge >= 0.3 is 0 Å². The monoisotopic (exact) mass is 374 g/mol. The quantitative estimate of drug-likeness (QED) is 0.713. The van der Waals surface area contributed by atoms with Crippen LogP contribution in [0, 0.1) is 5.82 Å². The summed E-state index contributed by atoms with van der Waals surface area (Å²) in [6.45, 7) is 3.23. The van der Waals surface area contributed by atoms with E-state index in [1.54, 1.807) is 0 Å². The van der Waals surface area contributed by atoms with Crippen LogP contribution in [0.3, 0.4) is 0 Å². The lowest BCUT2D eigenvalue weighted by atomic mass is 9.94. The van der Waals surface area contributed by atoms with Crippen molar-refractivity contribution in [1.29, 1.82) is 0 Å². The second kappa shape index (κ2) is 8.36. The summed E-state index contributed by atoms with van der Waals surface area (Å²) in [5, 5.41) is 5.48. The number of rotatable bonds is 5. The third kappa shape index (κ3) is 4.12. The Morgan fingerprint density at radius 2 is 1.79 bits per heavy atom. The van der Waals surface area contributed by atoms with Crippen LogP contribution in [-0.4, -0.2) is 37.0 Å².